The highest BCUT2D eigenvalue weighted by atomic mass is 15.1. The van der Waals surface area contributed by atoms with Gasteiger partial charge in [0.25, 0.3) is 0 Å². The summed E-state index contributed by atoms with van der Waals surface area (Å²) in [5.74, 6) is 1.78. The summed E-state index contributed by atoms with van der Waals surface area (Å²) in [5, 5.41) is 0. The molecular weight excluding hydrogens is 230 g/mol. The van der Waals surface area contributed by atoms with Gasteiger partial charge in [0.05, 0.1) is 0 Å². The molecule has 2 rings (SSSR count). The van der Waals surface area contributed by atoms with Crippen molar-refractivity contribution in [3.05, 3.63) is 35.9 Å². The molecule has 0 radical (unpaired) electrons. The van der Waals surface area contributed by atoms with Crippen molar-refractivity contribution in [2.24, 2.45) is 11.8 Å². The Labute approximate surface area is 119 Å². The van der Waals surface area contributed by atoms with Crippen molar-refractivity contribution in [3.8, 4) is 0 Å². The van der Waals surface area contributed by atoms with Gasteiger partial charge in [0.2, 0.25) is 0 Å². The lowest BCUT2D eigenvalue weighted by Crippen LogP contribution is -2.49. The summed E-state index contributed by atoms with van der Waals surface area (Å²) in [6.07, 6.45) is 6.67. The topological polar surface area (TPSA) is 3.24 Å². The Morgan fingerprint density at radius 1 is 1.11 bits per heavy atom. The summed E-state index contributed by atoms with van der Waals surface area (Å²) in [7, 11) is 4.53. The molecule has 1 aromatic rings. The zero-order valence-electron chi connectivity index (χ0n) is 13.0. The minimum Gasteiger partial charge on any atom is -0.303 e. The maximum absolute atomic E-state index is 2.48. The zero-order chi connectivity index (χ0) is 13.9. The molecule has 0 aromatic heterocycles. The Bertz CT molecular complexity index is 372. The van der Waals surface area contributed by atoms with Crippen molar-refractivity contribution >= 4 is 0 Å². The number of nitrogens with zero attached hydrogens (tertiary/aromatic N) is 1. The molecule has 0 heterocycles. The van der Waals surface area contributed by atoms with E-state index in [0.29, 0.717) is 5.54 Å². The van der Waals surface area contributed by atoms with Crippen LogP contribution in [0.4, 0.5) is 0 Å². The molecule has 1 fully saturated rings. The molecule has 0 saturated heterocycles. The zero-order valence-corrected chi connectivity index (χ0v) is 13.0. The molecule has 1 heteroatoms. The van der Waals surface area contributed by atoms with Crippen molar-refractivity contribution < 1.29 is 0 Å². The Hall–Kier alpha value is -0.820. The van der Waals surface area contributed by atoms with Gasteiger partial charge in [0, 0.05) is 5.54 Å². The third kappa shape index (κ3) is 3.39. The lowest BCUT2D eigenvalue weighted by molar-refractivity contribution is 0.0683. The number of rotatable bonds is 4. The van der Waals surface area contributed by atoms with Crippen LogP contribution in [0.25, 0.3) is 0 Å². The predicted molar refractivity (Wildman–Crippen MR) is 83.4 cm³/mol. The van der Waals surface area contributed by atoms with E-state index < -0.39 is 0 Å². The van der Waals surface area contributed by atoms with Crippen LogP contribution in [0.3, 0.4) is 0 Å². The van der Waals surface area contributed by atoms with Gasteiger partial charge in [0.1, 0.15) is 0 Å². The summed E-state index contributed by atoms with van der Waals surface area (Å²) >= 11 is 0. The van der Waals surface area contributed by atoms with E-state index >= 15 is 0 Å². The van der Waals surface area contributed by atoms with Gasteiger partial charge in [-0.2, -0.15) is 0 Å². The summed E-state index contributed by atoms with van der Waals surface area (Å²) in [6, 6.07) is 11.0. The molecule has 1 aliphatic rings. The van der Waals surface area contributed by atoms with Crippen LogP contribution in [0.2, 0.25) is 0 Å². The summed E-state index contributed by atoms with van der Waals surface area (Å²) in [5.41, 5.74) is 1.87. The minimum absolute atomic E-state index is 0.382. The highest BCUT2D eigenvalue weighted by Crippen LogP contribution is 2.40. The van der Waals surface area contributed by atoms with Gasteiger partial charge in [0.15, 0.2) is 0 Å². The van der Waals surface area contributed by atoms with Crippen LogP contribution in [-0.4, -0.2) is 24.5 Å². The number of hydrogen-bond acceptors (Lipinski definition) is 1. The molecule has 1 aromatic carbocycles. The van der Waals surface area contributed by atoms with E-state index in [4.69, 9.17) is 0 Å². The van der Waals surface area contributed by atoms with Crippen LogP contribution in [0.5, 0.6) is 0 Å². The average molecular weight is 259 g/mol. The maximum atomic E-state index is 2.48. The third-order valence-electron chi connectivity index (χ3n) is 5.23. The van der Waals surface area contributed by atoms with E-state index in [1.54, 1.807) is 0 Å². The highest BCUT2D eigenvalue weighted by molar-refractivity contribution is 5.18. The normalized spacial score (nSPS) is 28.0. The third-order valence-corrected chi connectivity index (χ3v) is 5.23. The lowest BCUT2D eigenvalue weighted by atomic mass is 9.70. The van der Waals surface area contributed by atoms with Crippen LogP contribution < -0.4 is 0 Å². The smallest absolute Gasteiger partial charge is 0.0244 e. The fraction of sp³-hybridized carbons (Fsp3) is 0.667. The summed E-state index contributed by atoms with van der Waals surface area (Å²) in [4.78, 5) is 2.48. The molecule has 0 unspecified atom stereocenters. The standard InChI is InChI=1S/C18H29N/c1-15(2)17-10-12-18(13-11-17,19(3)4)14-16-8-6-5-7-9-16/h5-9,15,17H,10-14H2,1-4H3. The second-order valence-corrected chi connectivity index (χ2v) is 6.86. The van der Waals surface area contributed by atoms with Crippen molar-refractivity contribution in [2.75, 3.05) is 14.1 Å². The van der Waals surface area contributed by atoms with Crippen molar-refractivity contribution in [1.82, 2.24) is 4.90 Å². The first kappa shape index (κ1) is 14.6. The van der Waals surface area contributed by atoms with Crippen molar-refractivity contribution in [3.63, 3.8) is 0 Å². The Morgan fingerprint density at radius 2 is 1.68 bits per heavy atom. The Kier molecular flexibility index (Phi) is 4.67. The molecule has 1 nitrogen and oxygen atoms in total. The van der Waals surface area contributed by atoms with E-state index in [1.807, 2.05) is 0 Å². The molecule has 0 spiro atoms. The van der Waals surface area contributed by atoms with Crippen LogP contribution in [0.15, 0.2) is 30.3 Å². The van der Waals surface area contributed by atoms with Crippen molar-refractivity contribution in [1.29, 1.82) is 0 Å². The van der Waals surface area contributed by atoms with Crippen LogP contribution in [-0.2, 0) is 6.42 Å². The quantitative estimate of drug-likeness (QED) is 0.776. The molecule has 0 bridgehead atoms. The average Bonchev–Trinajstić information content (AvgIpc) is 2.40. The molecule has 106 valence electrons. The Balaban J connectivity index is 2.08. The first-order chi connectivity index (χ1) is 9.03. The molecule has 0 atom stereocenters. The van der Waals surface area contributed by atoms with Gasteiger partial charge in [-0.3, -0.25) is 0 Å². The van der Waals surface area contributed by atoms with E-state index in [1.165, 1.54) is 37.7 Å². The van der Waals surface area contributed by atoms with E-state index in [0.717, 1.165) is 11.8 Å². The van der Waals surface area contributed by atoms with E-state index in [2.05, 4.69) is 63.2 Å². The largest absolute Gasteiger partial charge is 0.303 e. The lowest BCUT2D eigenvalue weighted by Gasteiger charge is -2.46. The van der Waals surface area contributed by atoms with Crippen LogP contribution >= 0.6 is 0 Å². The van der Waals surface area contributed by atoms with Gasteiger partial charge in [-0.15, -0.1) is 0 Å². The van der Waals surface area contributed by atoms with E-state index in [9.17, 15) is 0 Å². The van der Waals surface area contributed by atoms with Crippen LogP contribution in [0.1, 0.15) is 45.1 Å². The maximum Gasteiger partial charge on any atom is 0.0244 e. The van der Waals surface area contributed by atoms with Gasteiger partial charge in [-0.25, -0.2) is 0 Å². The molecular formula is C18H29N. The number of benzene rings is 1. The first-order valence-corrected chi connectivity index (χ1v) is 7.75. The molecule has 0 N–H and O–H groups in total. The van der Waals surface area contributed by atoms with E-state index in [-0.39, 0.29) is 0 Å². The monoisotopic (exact) mass is 259 g/mol. The fourth-order valence-corrected chi connectivity index (χ4v) is 3.60. The van der Waals surface area contributed by atoms with Gasteiger partial charge in [-0.1, -0.05) is 44.2 Å². The molecule has 1 aliphatic carbocycles. The number of likely N-dealkylation sites (N-methyl/N-ethyl adjacent to an activating group) is 1. The minimum atomic E-state index is 0.382. The molecule has 1 saturated carbocycles. The SMILES string of the molecule is CC(C)C1CCC(Cc2ccccc2)(N(C)C)CC1. The first-order valence-electron chi connectivity index (χ1n) is 7.75. The highest BCUT2D eigenvalue weighted by Gasteiger charge is 2.37. The molecule has 0 amide bonds. The Morgan fingerprint density at radius 3 is 2.16 bits per heavy atom. The number of hydrogen-bond donors (Lipinski definition) is 0. The summed E-state index contributed by atoms with van der Waals surface area (Å²) in [6.45, 7) is 4.76. The van der Waals surface area contributed by atoms with Gasteiger partial charge >= 0.3 is 0 Å². The predicted octanol–water partition coefficient (Wildman–Crippen LogP) is 4.38. The van der Waals surface area contributed by atoms with Crippen molar-refractivity contribution in [2.45, 2.75) is 51.5 Å². The second kappa shape index (κ2) is 6.09. The van der Waals surface area contributed by atoms with Gasteiger partial charge in [-0.05, 0) is 63.6 Å². The van der Waals surface area contributed by atoms with Crippen LogP contribution in [0, 0.1) is 11.8 Å². The second-order valence-electron chi connectivity index (χ2n) is 6.86. The molecule has 19 heavy (non-hydrogen) atoms. The fourth-order valence-electron chi connectivity index (χ4n) is 3.60. The van der Waals surface area contributed by atoms with Gasteiger partial charge < -0.3 is 4.90 Å². The summed E-state index contributed by atoms with van der Waals surface area (Å²) < 4.78 is 0. The molecule has 0 aliphatic heterocycles.